The maximum absolute atomic E-state index is 4.47. The van der Waals surface area contributed by atoms with Crippen LogP contribution < -0.4 is 14.9 Å². The number of aromatic amines is 1. The Hall–Kier alpha value is -2.25. The summed E-state index contributed by atoms with van der Waals surface area (Å²) in [5.41, 5.74) is 3.14. The molecule has 2 unspecified atom stereocenters. The predicted octanol–water partition coefficient (Wildman–Crippen LogP) is 4.31. The summed E-state index contributed by atoms with van der Waals surface area (Å²) in [6.07, 6.45) is 5.93. The molecule has 0 amide bonds. The van der Waals surface area contributed by atoms with Crippen LogP contribution in [0.25, 0.3) is 11.0 Å². The van der Waals surface area contributed by atoms with Crippen LogP contribution >= 0.6 is 11.9 Å². The average Bonchev–Trinajstić information content (AvgIpc) is 3.24. The molecule has 7 heteroatoms. The van der Waals surface area contributed by atoms with Crippen molar-refractivity contribution in [2.45, 2.75) is 43.7 Å². The fourth-order valence-corrected chi connectivity index (χ4v) is 4.34. The quantitative estimate of drug-likeness (QED) is 0.583. The van der Waals surface area contributed by atoms with Gasteiger partial charge in [-0.3, -0.25) is 4.72 Å². The van der Waals surface area contributed by atoms with Gasteiger partial charge in [0.15, 0.2) is 0 Å². The van der Waals surface area contributed by atoms with Crippen LogP contribution in [0.15, 0.2) is 41.7 Å². The van der Waals surface area contributed by atoms with Crippen LogP contribution in [0.2, 0.25) is 0 Å². The second-order valence-electron chi connectivity index (χ2n) is 6.76. The fourth-order valence-electron chi connectivity index (χ4n) is 3.79. The summed E-state index contributed by atoms with van der Waals surface area (Å²) in [6.45, 7) is 4.61. The molecule has 4 rings (SSSR count). The van der Waals surface area contributed by atoms with E-state index in [0.29, 0.717) is 12.1 Å². The summed E-state index contributed by atoms with van der Waals surface area (Å²) in [5.74, 6) is 0.823. The van der Waals surface area contributed by atoms with Crippen molar-refractivity contribution in [1.29, 1.82) is 0 Å². The number of hydrogen-bond donors (Lipinski definition) is 3. The molecule has 1 aliphatic heterocycles. The topological polar surface area (TPSA) is 68.9 Å². The minimum absolute atomic E-state index is 0.533. The zero-order valence-corrected chi connectivity index (χ0v) is 16.1. The molecule has 2 atom stereocenters. The number of nitrogens with zero attached hydrogens (tertiary/aromatic N) is 3. The van der Waals surface area contributed by atoms with Crippen LogP contribution in [-0.4, -0.2) is 34.1 Å². The highest BCUT2D eigenvalue weighted by molar-refractivity contribution is 7.97. The highest BCUT2D eigenvalue weighted by Crippen LogP contribution is 2.39. The second-order valence-corrected chi connectivity index (χ2v) is 7.84. The van der Waals surface area contributed by atoms with Gasteiger partial charge in [-0.2, -0.15) is 0 Å². The van der Waals surface area contributed by atoms with Gasteiger partial charge in [-0.25, -0.2) is 9.97 Å². The lowest BCUT2D eigenvalue weighted by atomic mass is 10.2. The molecular formula is C19H24N6S. The van der Waals surface area contributed by atoms with Gasteiger partial charge in [0, 0.05) is 23.2 Å². The van der Waals surface area contributed by atoms with Gasteiger partial charge in [0.2, 0.25) is 0 Å². The minimum atomic E-state index is 0.533. The summed E-state index contributed by atoms with van der Waals surface area (Å²) in [7, 11) is 1.93. The molecule has 26 heavy (non-hydrogen) atoms. The third-order valence-electron chi connectivity index (χ3n) is 5.03. The van der Waals surface area contributed by atoms with E-state index in [0.717, 1.165) is 27.4 Å². The maximum Gasteiger partial charge on any atom is 0.143 e. The third kappa shape index (κ3) is 3.12. The van der Waals surface area contributed by atoms with E-state index >= 15 is 0 Å². The first-order chi connectivity index (χ1) is 12.7. The lowest BCUT2D eigenvalue weighted by molar-refractivity contribution is 0.694. The SMILES string of the molecule is CNSc1ccc(N2C(C)CCC2C)c(Nc2ncnc3[nH]ccc23)c1. The van der Waals surface area contributed by atoms with E-state index in [9.17, 15) is 0 Å². The van der Waals surface area contributed by atoms with E-state index in [-0.39, 0.29) is 0 Å². The number of benzene rings is 1. The summed E-state index contributed by atoms with van der Waals surface area (Å²) < 4.78 is 3.15. The summed E-state index contributed by atoms with van der Waals surface area (Å²) in [4.78, 5) is 15.6. The van der Waals surface area contributed by atoms with E-state index in [1.54, 1.807) is 18.3 Å². The van der Waals surface area contributed by atoms with Crippen molar-refractivity contribution in [3.05, 3.63) is 36.8 Å². The van der Waals surface area contributed by atoms with E-state index in [1.807, 2.05) is 19.3 Å². The van der Waals surface area contributed by atoms with Crippen LogP contribution in [0.1, 0.15) is 26.7 Å². The van der Waals surface area contributed by atoms with Crippen molar-refractivity contribution in [1.82, 2.24) is 19.7 Å². The molecule has 3 heterocycles. The molecule has 1 aliphatic rings. The van der Waals surface area contributed by atoms with Crippen molar-refractivity contribution in [3.8, 4) is 0 Å². The van der Waals surface area contributed by atoms with Crippen molar-refractivity contribution < 1.29 is 0 Å². The molecule has 0 saturated carbocycles. The highest BCUT2D eigenvalue weighted by Gasteiger charge is 2.29. The van der Waals surface area contributed by atoms with Crippen LogP contribution in [0.4, 0.5) is 17.2 Å². The van der Waals surface area contributed by atoms with E-state index < -0.39 is 0 Å². The predicted molar refractivity (Wildman–Crippen MR) is 109 cm³/mol. The zero-order chi connectivity index (χ0) is 18.1. The summed E-state index contributed by atoms with van der Waals surface area (Å²) >= 11 is 1.61. The van der Waals surface area contributed by atoms with Gasteiger partial charge in [-0.1, -0.05) is 0 Å². The van der Waals surface area contributed by atoms with Gasteiger partial charge < -0.3 is 15.2 Å². The molecule has 2 aromatic heterocycles. The van der Waals surface area contributed by atoms with Gasteiger partial charge in [-0.15, -0.1) is 0 Å². The zero-order valence-electron chi connectivity index (χ0n) is 15.3. The smallest absolute Gasteiger partial charge is 0.143 e. The Morgan fingerprint density at radius 1 is 1.15 bits per heavy atom. The molecule has 0 bridgehead atoms. The van der Waals surface area contributed by atoms with Crippen molar-refractivity contribution >= 4 is 40.2 Å². The molecular weight excluding hydrogens is 344 g/mol. The first-order valence-electron chi connectivity index (χ1n) is 8.98. The molecule has 0 radical (unpaired) electrons. The third-order valence-corrected chi connectivity index (χ3v) is 5.72. The number of rotatable bonds is 5. The summed E-state index contributed by atoms with van der Waals surface area (Å²) in [6, 6.07) is 9.65. The van der Waals surface area contributed by atoms with Crippen LogP contribution in [0, 0.1) is 0 Å². The Kier molecular flexibility index (Phi) is 4.74. The first-order valence-corrected chi connectivity index (χ1v) is 9.80. The number of hydrogen-bond acceptors (Lipinski definition) is 6. The van der Waals surface area contributed by atoms with Gasteiger partial charge >= 0.3 is 0 Å². The Morgan fingerprint density at radius 2 is 1.96 bits per heavy atom. The van der Waals surface area contributed by atoms with Crippen molar-refractivity contribution in [2.75, 3.05) is 17.3 Å². The standard InChI is InChI=1S/C19H24N6S/c1-12-4-5-13(2)25(12)17-7-6-14(26-20-3)10-16(17)24-19-15-8-9-21-18(15)22-11-23-19/h6-13,20H,4-5H2,1-3H3,(H2,21,22,23,24). The first kappa shape index (κ1) is 17.2. The number of aromatic nitrogens is 3. The van der Waals surface area contributed by atoms with Gasteiger partial charge in [0.05, 0.1) is 16.8 Å². The average molecular weight is 369 g/mol. The number of fused-ring (bicyclic) bond motifs is 1. The number of anilines is 3. The second kappa shape index (κ2) is 7.17. The molecule has 0 aliphatic carbocycles. The van der Waals surface area contributed by atoms with E-state index in [4.69, 9.17) is 0 Å². The van der Waals surface area contributed by atoms with Crippen LogP contribution in [0.5, 0.6) is 0 Å². The number of H-pyrrole nitrogens is 1. The molecule has 3 N–H and O–H groups in total. The van der Waals surface area contributed by atoms with Gasteiger partial charge in [0.25, 0.3) is 0 Å². The fraction of sp³-hybridized carbons (Fsp3) is 0.368. The van der Waals surface area contributed by atoms with Gasteiger partial charge in [-0.05, 0) is 70.0 Å². The molecule has 3 aromatic rings. The highest BCUT2D eigenvalue weighted by atomic mass is 32.2. The lowest BCUT2D eigenvalue weighted by Gasteiger charge is -2.31. The molecule has 1 saturated heterocycles. The normalized spacial score (nSPS) is 20.0. The maximum atomic E-state index is 4.47. The largest absolute Gasteiger partial charge is 0.364 e. The Morgan fingerprint density at radius 3 is 2.73 bits per heavy atom. The van der Waals surface area contributed by atoms with Gasteiger partial charge in [0.1, 0.15) is 17.8 Å². The van der Waals surface area contributed by atoms with Crippen LogP contribution in [-0.2, 0) is 0 Å². The molecule has 0 spiro atoms. The molecule has 136 valence electrons. The van der Waals surface area contributed by atoms with Crippen molar-refractivity contribution in [2.24, 2.45) is 0 Å². The summed E-state index contributed by atoms with van der Waals surface area (Å²) in [5, 5.41) is 4.56. The Labute approximate surface area is 157 Å². The van der Waals surface area contributed by atoms with Crippen molar-refractivity contribution in [3.63, 3.8) is 0 Å². The molecule has 1 aromatic carbocycles. The monoisotopic (exact) mass is 368 g/mol. The molecule has 1 fully saturated rings. The minimum Gasteiger partial charge on any atom is -0.364 e. The van der Waals surface area contributed by atoms with E-state index in [2.05, 4.69) is 61.9 Å². The lowest BCUT2D eigenvalue weighted by Crippen LogP contribution is -2.33. The van der Waals surface area contributed by atoms with Crippen LogP contribution in [0.3, 0.4) is 0 Å². The number of nitrogens with one attached hydrogen (secondary N) is 3. The Balaban J connectivity index is 1.77. The van der Waals surface area contributed by atoms with E-state index in [1.165, 1.54) is 18.5 Å². The molecule has 6 nitrogen and oxygen atoms in total. The Bertz CT molecular complexity index is 898.